The summed E-state index contributed by atoms with van der Waals surface area (Å²) in [5.41, 5.74) is -4.64. The summed E-state index contributed by atoms with van der Waals surface area (Å²) in [6.45, 7) is 7.02. The molecule has 0 spiro atoms. The predicted molar refractivity (Wildman–Crippen MR) is 118 cm³/mol. The number of rotatable bonds is 4. The van der Waals surface area contributed by atoms with Gasteiger partial charge in [-0.3, -0.25) is 14.4 Å². The summed E-state index contributed by atoms with van der Waals surface area (Å²) < 4.78 is 17.2. The Morgan fingerprint density at radius 2 is 1.97 bits per heavy atom. The molecule has 4 aliphatic rings. The first-order chi connectivity index (χ1) is 14.8. The van der Waals surface area contributed by atoms with Crippen molar-refractivity contribution in [1.29, 1.82) is 0 Å². The minimum absolute atomic E-state index is 0.0279. The monoisotopic (exact) mass is 466 g/mol. The second-order valence-electron chi connectivity index (χ2n) is 10.9. The number of hydrogen-bond donors (Lipinski definition) is 2. The lowest BCUT2D eigenvalue weighted by Crippen LogP contribution is -2.69. The Hall–Kier alpha value is -1.53. The van der Waals surface area contributed by atoms with Crippen LogP contribution in [0.4, 0.5) is 4.39 Å². The molecule has 0 bridgehead atoms. The summed E-state index contributed by atoms with van der Waals surface area (Å²) >= 11 is 6.03. The summed E-state index contributed by atoms with van der Waals surface area (Å²) in [5, 5.41) is 21.4. The molecule has 4 rings (SSSR count). The lowest BCUT2D eigenvalue weighted by molar-refractivity contribution is -0.212. The summed E-state index contributed by atoms with van der Waals surface area (Å²) in [6, 6.07) is 0. The molecule has 9 unspecified atom stereocenters. The Bertz CT molecular complexity index is 945. The van der Waals surface area contributed by atoms with E-state index in [1.54, 1.807) is 19.9 Å². The van der Waals surface area contributed by atoms with Crippen molar-refractivity contribution in [3.63, 3.8) is 0 Å². The van der Waals surface area contributed by atoms with Gasteiger partial charge in [-0.2, -0.15) is 0 Å². The molecule has 3 saturated carbocycles. The number of carboxylic acids is 1. The van der Waals surface area contributed by atoms with Gasteiger partial charge in [0.1, 0.15) is 0 Å². The molecule has 0 radical (unpaired) electrons. The number of allylic oxidation sites excluding steroid dienone is 4. The molecule has 9 atom stereocenters. The van der Waals surface area contributed by atoms with Gasteiger partial charge in [-0.15, -0.1) is 11.6 Å². The molecule has 3 fully saturated rings. The van der Waals surface area contributed by atoms with Gasteiger partial charge in [0.05, 0.1) is 23.3 Å². The van der Waals surface area contributed by atoms with E-state index in [0.717, 1.165) is 0 Å². The molecular weight excluding hydrogens is 435 g/mol. The van der Waals surface area contributed by atoms with Crippen LogP contribution in [0.5, 0.6) is 0 Å². The summed E-state index contributed by atoms with van der Waals surface area (Å²) in [4.78, 5) is 37.5. The van der Waals surface area contributed by atoms with Gasteiger partial charge >= 0.3 is 5.97 Å². The molecule has 0 aromatic carbocycles. The number of aliphatic hydroxyl groups is 1. The number of aliphatic carboxylic acids is 1. The topological polar surface area (TPSA) is 91.7 Å². The highest BCUT2D eigenvalue weighted by molar-refractivity contribution is 6.28. The van der Waals surface area contributed by atoms with E-state index >= 15 is 4.39 Å². The zero-order valence-corrected chi connectivity index (χ0v) is 19.8. The van der Waals surface area contributed by atoms with Crippen LogP contribution in [0.25, 0.3) is 0 Å². The first kappa shape index (κ1) is 23.6. The number of carbonyl (C=O) groups excluding carboxylic acids is 2. The third-order valence-corrected chi connectivity index (χ3v) is 10.2. The molecule has 0 heterocycles. The maximum absolute atomic E-state index is 17.2. The number of carbonyl (C=O) groups is 3. The third kappa shape index (κ3) is 2.51. The van der Waals surface area contributed by atoms with Crippen molar-refractivity contribution in [3.8, 4) is 0 Å². The quantitative estimate of drug-likeness (QED) is 0.608. The van der Waals surface area contributed by atoms with Crippen molar-refractivity contribution in [2.24, 2.45) is 39.9 Å². The summed E-state index contributed by atoms with van der Waals surface area (Å²) in [7, 11) is 0. The third-order valence-electron chi connectivity index (χ3n) is 10.00. The molecule has 0 aromatic rings. The van der Waals surface area contributed by atoms with Gasteiger partial charge in [0.2, 0.25) is 0 Å². The van der Waals surface area contributed by atoms with Crippen LogP contribution < -0.4 is 0 Å². The fourth-order valence-electron chi connectivity index (χ4n) is 8.66. The van der Waals surface area contributed by atoms with Gasteiger partial charge in [-0.1, -0.05) is 32.4 Å². The number of halogens is 2. The van der Waals surface area contributed by atoms with E-state index < -0.39 is 45.8 Å². The van der Waals surface area contributed by atoms with Crippen LogP contribution in [0, 0.1) is 39.9 Å². The second-order valence-corrected chi connectivity index (χ2v) is 11.2. The van der Waals surface area contributed by atoms with Crippen LogP contribution in [-0.2, 0) is 14.4 Å². The molecule has 4 aliphatic carbocycles. The highest BCUT2D eigenvalue weighted by Gasteiger charge is 2.76. The molecular formula is C25H32ClFO5. The fourth-order valence-corrected chi connectivity index (χ4v) is 8.88. The van der Waals surface area contributed by atoms with Crippen molar-refractivity contribution < 1.29 is 29.0 Å². The molecule has 0 amide bonds. The van der Waals surface area contributed by atoms with Gasteiger partial charge in [0.25, 0.3) is 0 Å². The van der Waals surface area contributed by atoms with Gasteiger partial charge in [-0.25, -0.2) is 4.39 Å². The minimum Gasteiger partial charge on any atom is -0.481 e. The van der Waals surface area contributed by atoms with Crippen LogP contribution in [-0.4, -0.2) is 45.4 Å². The maximum Gasteiger partial charge on any atom is 0.307 e. The average Bonchev–Trinajstić information content (AvgIpc) is 2.95. The normalized spacial score (nSPS) is 48.3. The van der Waals surface area contributed by atoms with E-state index in [4.69, 9.17) is 11.6 Å². The maximum atomic E-state index is 17.2. The van der Waals surface area contributed by atoms with Gasteiger partial charge in [0.15, 0.2) is 17.2 Å². The first-order valence-corrected chi connectivity index (χ1v) is 12.0. The lowest BCUT2D eigenvalue weighted by atomic mass is 9.42. The van der Waals surface area contributed by atoms with E-state index in [2.05, 4.69) is 0 Å². The number of ketones is 2. The number of alkyl halides is 2. The summed E-state index contributed by atoms with van der Waals surface area (Å²) in [6.07, 6.45) is 4.49. The second kappa shape index (κ2) is 7.23. The van der Waals surface area contributed by atoms with Gasteiger partial charge in [0, 0.05) is 11.3 Å². The smallest absolute Gasteiger partial charge is 0.307 e. The van der Waals surface area contributed by atoms with E-state index in [9.17, 15) is 24.6 Å². The van der Waals surface area contributed by atoms with E-state index in [1.807, 2.05) is 13.8 Å². The zero-order chi connectivity index (χ0) is 23.9. The van der Waals surface area contributed by atoms with Gasteiger partial charge in [-0.05, 0) is 62.0 Å². The van der Waals surface area contributed by atoms with E-state index in [1.165, 1.54) is 12.2 Å². The Balaban J connectivity index is 1.89. The fraction of sp³-hybridized carbons (Fsp3) is 0.720. The molecule has 7 heteroatoms. The summed E-state index contributed by atoms with van der Waals surface area (Å²) in [5.74, 6) is -4.10. The Morgan fingerprint density at radius 3 is 2.56 bits per heavy atom. The standard InChI is InChI=1S/C25H32ClFO5/c1-13-9-18-17-6-5-15-10-16(28)7-8-22(15,3)25(17,27)19(29)11-23(18,4)24(13,20(30)12-26)14(2)21(31)32/h7-8,10,13-14,17-19,29H,5-6,9,11-12H2,1-4H3,(H,31,32). The Labute approximate surface area is 193 Å². The van der Waals surface area contributed by atoms with Crippen molar-refractivity contribution in [1.82, 2.24) is 0 Å². The van der Waals surface area contributed by atoms with Crippen LogP contribution in [0.2, 0.25) is 0 Å². The van der Waals surface area contributed by atoms with Crippen molar-refractivity contribution >= 4 is 29.1 Å². The molecule has 2 N–H and O–H groups in total. The van der Waals surface area contributed by atoms with E-state index in [-0.39, 0.29) is 35.7 Å². The van der Waals surface area contributed by atoms with Crippen molar-refractivity contribution in [2.75, 3.05) is 5.88 Å². The van der Waals surface area contributed by atoms with Gasteiger partial charge < -0.3 is 10.2 Å². The molecule has 0 aliphatic heterocycles. The van der Waals surface area contributed by atoms with Crippen LogP contribution in [0.15, 0.2) is 23.8 Å². The number of aliphatic hydroxyl groups excluding tert-OH is 1. The molecule has 0 aromatic heterocycles. The SMILES string of the molecule is CC1CC2C3CCC4=CC(=O)C=CC4(C)C3(F)C(O)CC2(C)C1(C(=O)CCl)C(C)C(=O)O. The van der Waals surface area contributed by atoms with Crippen molar-refractivity contribution in [3.05, 3.63) is 23.8 Å². The van der Waals surface area contributed by atoms with Crippen molar-refractivity contribution in [2.45, 2.75) is 65.2 Å². The van der Waals surface area contributed by atoms with E-state index in [0.29, 0.717) is 24.8 Å². The average molecular weight is 467 g/mol. The predicted octanol–water partition coefficient (Wildman–Crippen LogP) is 4.12. The zero-order valence-electron chi connectivity index (χ0n) is 19.0. The Morgan fingerprint density at radius 1 is 1.31 bits per heavy atom. The molecule has 32 heavy (non-hydrogen) atoms. The first-order valence-electron chi connectivity index (χ1n) is 11.5. The molecule has 176 valence electrons. The number of Topliss-reactive ketones (excluding diaryl/α,β-unsaturated/α-hetero) is 1. The minimum atomic E-state index is -2.01. The number of carboxylic acid groups (broad SMARTS) is 1. The molecule has 5 nitrogen and oxygen atoms in total. The number of fused-ring (bicyclic) bond motifs is 5. The highest BCUT2D eigenvalue weighted by atomic mass is 35.5. The van der Waals surface area contributed by atoms with Crippen LogP contribution in [0.3, 0.4) is 0 Å². The largest absolute Gasteiger partial charge is 0.481 e. The Kier molecular flexibility index (Phi) is 5.34. The lowest BCUT2D eigenvalue weighted by Gasteiger charge is -2.63. The highest BCUT2D eigenvalue weighted by Crippen LogP contribution is 2.74. The van der Waals surface area contributed by atoms with Crippen LogP contribution >= 0.6 is 11.6 Å². The van der Waals surface area contributed by atoms with Crippen LogP contribution in [0.1, 0.15) is 53.4 Å². The number of hydrogen-bond acceptors (Lipinski definition) is 4. The molecule has 0 saturated heterocycles.